The normalized spacial score (nSPS) is 14.4. The maximum absolute atomic E-state index is 13.4. The second kappa shape index (κ2) is 13.0. The first-order chi connectivity index (χ1) is 18.9. The number of hydrogen-bond donors (Lipinski definition) is 1. The van der Waals surface area contributed by atoms with Crippen LogP contribution < -0.4 is 10.1 Å². The van der Waals surface area contributed by atoms with E-state index in [0.29, 0.717) is 50.2 Å². The van der Waals surface area contributed by atoms with E-state index in [1.807, 2.05) is 68.4 Å². The molecule has 2 aromatic carbocycles. The summed E-state index contributed by atoms with van der Waals surface area (Å²) < 4.78 is 11.1. The van der Waals surface area contributed by atoms with Crippen molar-refractivity contribution in [3.8, 4) is 5.75 Å². The Morgan fingerprint density at radius 3 is 2.38 bits per heavy atom. The first-order valence-corrected chi connectivity index (χ1v) is 13.3. The number of benzene rings is 2. The molecule has 0 bridgehead atoms. The Balaban J connectivity index is 1.45. The van der Waals surface area contributed by atoms with Crippen molar-refractivity contribution in [1.82, 2.24) is 15.2 Å². The van der Waals surface area contributed by atoms with Crippen LogP contribution in [0.1, 0.15) is 71.6 Å². The van der Waals surface area contributed by atoms with Gasteiger partial charge in [0, 0.05) is 49.3 Å². The predicted octanol–water partition coefficient (Wildman–Crippen LogP) is 4.73. The quantitative estimate of drug-likeness (QED) is 0.403. The molecule has 1 N–H and O–H groups in total. The minimum absolute atomic E-state index is 0.0225. The summed E-state index contributed by atoms with van der Waals surface area (Å²) in [6, 6.07) is 20.4. The predicted molar refractivity (Wildman–Crippen MR) is 147 cm³/mol. The van der Waals surface area contributed by atoms with Crippen molar-refractivity contribution >= 4 is 17.8 Å². The molecule has 0 unspecified atom stereocenters. The average Bonchev–Trinajstić information content (AvgIpc) is 2.95. The third-order valence-corrected chi connectivity index (χ3v) is 6.82. The summed E-state index contributed by atoms with van der Waals surface area (Å²) in [5.74, 6) is -0.161. The molecule has 1 atom stereocenters. The molecule has 39 heavy (non-hydrogen) atoms. The number of nitrogens with one attached hydrogen (secondary N) is 1. The van der Waals surface area contributed by atoms with Gasteiger partial charge in [-0.15, -0.1) is 0 Å². The maximum Gasteiger partial charge on any atom is 0.303 e. The van der Waals surface area contributed by atoms with Gasteiger partial charge < -0.3 is 19.7 Å². The smallest absolute Gasteiger partial charge is 0.303 e. The molecule has 4 rings (SSSR count). The number of aryl methyl sites for hydroxylation is 1. The number of carbonyl (C=O) groups is 3. The van der Waals surface area contributed by atoms with Crippen LogP contribution in [0.15, 0.2) is 66.7 Å². The minimum Gasteiger partial charge on any atom is -0.494 e. The zero-order valence-corrected chi connectivity index (χ0v) is 22.7. The van der Waals surface area contributed by atoms with Crippen LogP contribution in [0, 0.1) is 6.92 Å². The number of aromatic nitrogens is 1. The molecular weight excluding hydrogens is 494 g/mol. The number of esters is 1. The summed E-state index contributed by atoms with van der Waals surface area (Å²) in [6.45, 7) is 6.99. The van der Waals surface area contributed by atoms with Crippen molar-refractivity contribution in [3.63, 3.8) is 0 Å². The zero-order chi connectivity index (χ0) is 27.8. The van der Waals surface area contributed by atoms with E-state index in [-0.39, 0.29) is 17.7 Å². The highest BCUT2D eigenvalue weighted by molar-refractivity contribution is 5.95. The number of ether oxygens (including phenoxy) is 2. The van der Waals surface area contributed by atoms with Gasteiger partial charge >= 0.3 is 5.97 Å². The van der Waals surface area contributed by atoms with Crippen LogP contribution >= 0.6 is 0 Å². The molecule has 1 fully saturated rings. The lowest BCUT2D eigenvalue weighted by Crippen LogP contribution is -2.42. The van der Waals surface area contributed by atoms with E-state index in [1.165, 1.54) is 6.92 Å². The third-order valence-electron chi connectivity index (χ3n) is 6.82. The molecular formula is C31H35N3O5. The minimum atomic E-state index is -0.974. The van der Waals surface area contributed by atoms with Crippen LogP contribution in [0.25, 0.3) is 0 Å². The molecule has 8 heteroatoms. The maximum atomic E-state index is 13.4. The summed E-state index contributed by atoms with van der Waals surface area (Å²) in [4.78, 5) is 44.9. The Morgan fingerprint density at radius 2 is 1.69 bits per heavy atom. The Bertz CT molecular complexity index is 1300. The van der Waals surface area contributed by atoms with Gasteiger partial charge in [-0.2, -0.15) is 0 Å². The van der Waals surface area contributed by atoms with Gasteiger partial charge in [0.2, 0.25) is 6.10 Å². The second-order valence-electron chi connectivity index (χ2n) is 9.61. The van der Waals surface area contributed by atoms with E-state index in [0.717, 1.165) is 22.7 Å². The first-order valence-electron chi connectivity index (χ1n) is 13.3. The van der Waals surface area contributed by atoms with Crippen LogP contribution in [0.4, 0.5) is 0 Å². The molecule has 2 heterocycles. The van der Waals surface area contributed by atoms with Gasteiger partial charge in [0.15, 0.2) is 0 Å². The number of piperidine rings is 1. The number of likely N-dealkylation sites (tertiary alicyclic amines) is 1. The van der Waals surface area contributed by atoms with Crippen molar-refractivity contribution in [2.24, 2.45) is 0 Å². The lowest BCUT2D eigenvalue weighted by atomic mass is 9.89. The van der Waals surface area contributed by atoms with E-state index in [1.54, 1.807) is 17.0 Å². The lowest BCUT2D eigenvalue weighted by Gasteiger charge is -2.34. The van der Waals surface area contributed by atoms with Gasteiger partial charge in [-0.05, 0) is 44.9 Å². The SMILES string of the molecule is CCOc1ccccc1CNC(=O)c1ccc(C)nc1C1CCN(C(=O)[C@@H](OC(C)=O)c2ccccc2)CC1. The number of amides is 2. The third kappa shape index (κ3) is 7.02. The van der Waals surface area contributed by atoms with E-state index in [2.05, 4.69) is 5.32 Å². The van der Waals surface area contributed by atoms with Crippen LogP contribution in [0.5, 0.6) is 5.75 Å². The molecule has 1 saturated heterocycles. The monoisotopic (exact) mass is 529 g/mol. The largest absolute Gasteiger partial charge is 0.494 e. The molecule has 8 nitrogen and oxygen atoms in total. The summed E-state index contributed by atoms with van der Waals surface area (Å²) in [6.07, 6.45) is 0.326. The number of para-hydroxylation sites is 1. The van der Waals surface area contributed by atoms with Gasteiger partial charge in [-0.3, -0.25) is 19.4 Å². The summed E-state index contributed by atoms with van der Waals surface area (Å²) in [7, 11) is 0. The Kier molecular flexibility index (Phi) is 9.31. The van der Waals surface area contributed by atoms with Crippen molar-refractivity contribution in [3.05, 3.63) is 94.8 Å². The van der Waals surface area contributed by atoms with Crippen molar-refractivity contribution in [1.29, 1.82) is 0 Å². The molecule has 0 radical (unpaired) electrons. The fraction of sp³-hybridized carbons (Fsp3) is 0.355. The molecule has 204 valence electrons. The topological polar surface area (TPSA) is 97.8 Å². The highest BCUT2D eigenvalue weighted by Gasteiger charge is 2.33. The first kappa shape index (κ1) is 27.8. The van der Waals surface area contributed by atoms with Crippen molar-refractivity contribution < 1.29 is 23.9 Å². The number of rotatable bonds is 9. The fourth-order valence-corrected chi connectivity index (χ4v) is 4.89. The van der Waals surface area contributed by atoms with Crippen LogP contribution in [0.3, 0.4) is 0 Å². The number of pyridine rings is 1. The zero-order valence-electron chi connectivity index (χ0n) is 22.7. The number of carbonyl (C=O) groups excluding carboxylic acids is 3. The van der Waals surface area contributed by atoms with E-state index < -0.39 is 12.1 Å². The molecule has 0 aliphatic carbocycles. The summed E-state index contributed by atoms with van der Waals surface area (Å²) >= 11 is 0. The van der Waals surface area contributed by atoms with E-state index >= 15 is 0 Å². The Morgan fingerprint density at radius 1 is 1.00 bits per heavy atom. The highest BCUT2D eigenvalue weighted by Crippen LogP contribution is 2.31. The van der Waals surface area contributed by atoms with Crippen molar-refractivity contribution in [2.45, 2.75) is 52.2 Å². The van der Waals surface area contributed by atoms with Crippen molar-refractivity contribution in [2.75, 3.05) is 19.7 Å². The van der Waals surface area contributed by atoms with Gasteiger partial charge in [0.25, 0.3) is 11.8 Å². The molecule has 1 aliphatic rings. The lowest BCUT2D eigenvalue weighted by molar-refractivity contribution is -0.159. The second-order valence-corrected chi connectivity index (χ2v) is 9.61. The molecule has 1 aliphatic heterocycles. The van der Waals surface area contributed by atoms with E-state index in [4.69, 9.17) is 14.5 Å². The van der Waals surface area contributed by atoms with Crippen LogP contribution in [-0.4, -0.2) is 47.4 Å². The van der Waals surface area contributed by atoms with Crippen LogP contribution in [-0.2, 0) is 20.9 Å². The van der Waals surface area contributed by atoms with Gasteiger partial charge in [0.1, 0.15) is 5.75 Å². The molecule has 0 spiro atoms. The summed E-state index contributed by atoms with van der Waals surface area (Å²) in [5.41, 5.74) is 3.67. The number of nitrogens with zero attached hydrogens (tertiary/aromatic N) is 2. The van der Waals surface area contributed by atoms with E-state index in [9.17, 15) is 14.4 Å². The fourth-order valence-electron chi connectivity index (χ4n) is 4.89. The highest BCUT2D eigenvalue weighted by atomic mass is 16.5. The van der Waals surface area contributed by atoms with Gasteiger partial charge in [0.05, 0.1) is 17.9 Å². The molecule has 1 aromatic heterocycles. The molecule has 2 amide bonds. The van der Waals surface area contributed by atoms with Crippen LogP contribution in [0.2, 0.25) is 0 Å². The molecule has 0 saturated carbocycles. The van der Waals surface area contributed by atoms with Gasteiger partial charge in [-0.1, -0.05) is 48.5 Å². The molecule has 3 aromatic rings. The number of hydrogen-bond acceptors (Lipinski definition) is 6. The Labute approximate surface area is 229 Å². The Hall–Kier alpha value is -4.20. The average molecular weight is 530 g/mol. The summed E-state index contributed by atoms with van der Waals surface area (Å²) in [5, 5.41) is 3.02. The standard InChI is InChI=1S/C31H35N3O5/c1-4-38-27-13-9-8-12-25(27)20-32-30(36)26-15-14-21(2)33-28(26)23-16-18-34(19-17-23)31(37)29(39-22(3)35)24-10-6-5-7-11-24/h5-15,23,29H,4,16-20H2,1-3H3,(H,32,36)/t29-/m0/s1. The van der Waals surface area contributed by atoms with Gasteiger partial charge in [-0.25, -0.2) is 0 Å².